The van der Waals surface area contributed by atoms with Crippen LogP contribution in [0, 0.1) is 6.92 Å². The molecule has 4 rings (SSSR count). The van der Waals surface area contributed by atoms with Gasteiger partial charge in [0, 0.05) is 0 Å². The van der Waals surface area contributed by atoms with Crippen molar-refractivity contribution >= 4 is 0 Å². The predicted molar refractivity (Wildman–Crippen MR) is 91.2 cm³/mol. The first kappa shape index (κ1) is 15.3. The van der Waals surface area contributed by atoms with Gasteiger partial charge >= 0.3 is 0 Å². The zero-order valence-corrected chi connectivity index (χ0v) is 14.2. The van der Waals surface area contributed by atoms with E-state index in [1.165, 1.54) is 5.56 Å². The maximum absolute atomic E-state index is 5.66. The van der Waals surface area contributed by atoms with E-state index >= 15 is 0 Å². The van der Waals surface area contributed by atoms with Crippen molar-refractivity contribution in [3.63, 3.8) is 0 Å². The summed E-state index contributed by atoms with van der Waals surface area (Å²) in [6.07, 6.45) is 1.56. The van der Waals surface area contributed by atoms with Crippen LogP contribution < -0.4 is 0 Å². The maximum Gasteiger partial charge on any atom is 0.283 e. The number of furan rings is 1. The summed E-state index contributed by atoms with van der Waals surface area (Å²) in [7, 11) is 0. The van der Waals surface area contributed by atoms with Crippen molar-refractivity contribution in [3.05, 3.63) is 53.9 Å². The third kappa shape index (κ3) is 2.73. The number of aromatic nitrogens is 5. The molecule has 0 fully saturated rings. The van der Waals surface area contributed by atoms with E-state index in [-0.39, 0.29) is 0 Å². The van der Waals surface area contributed by atoms with Gasteiger partial charge in [-0.05, 0) is 42.7 Å². The first-order valence-electron chi connectivity index (χ1n) is 8.04. The molecule has 25 heavy (non-hydrogen) atoms. The fraction of sp³-hybridized carbons (Fsp3) is 0.222. The lowest BCUT2D eigenvalue weighted by Gasteiger charge is -2.07. The minimum atomic E-state index is 0.314. The molecule has 0 saturated heterocycles. The molecule has 0 aliphatic heterocycles. The van der Waals surface area contributed by atoms with Crippen molar-refractivity contribution in [2.75, 3.05) is 0 Å². The van der Waals surface area contributed by atoms with E-state index in [1.54, 1.807) is 23.1 Å². The third-order valence-electron chi connectivity index (χ3n) is 4.06. The van der Waals surface area contributed by atoms with Crippen LogP contribution in [-0.2, 0) is 0 Å². The van der Waals surface area contributed by atoms with Crippen molar-refractivity contribution in [3.8, 4) is 28.9 Å². The molecular formula is C18H17N5O2. The summed E-state index contributed by atoms with van der Waals surface area (Å²) in [5.41, 5.74) is 3.60. The molecule has 0 unspecified atom stereocenters. The number of benzene rings is 1. The zero-order chi connectivity index (χ0) is 17.4. The Balaban J connectivity index is 1.67. The van der Waals surface area contributed by atoms with Crippen molar-refractivity contribution in [2.24, 2.45) is 0 Å². The highest BCUT2D eigenvalue weighted by Crippen LogP contribution is 2.26. The average molecular weight is 335 g/mol. The molecule has 0 aliphatic carbocycles. The van der Waals surface area contributed by atoms with Gasteiger partial charge in [0.1, 0.15) is 0 Å². The van der Waals surface area contributed by atoms with Crippen molar-refractivity contribution < 1.29 is 8.83 Å². The molecule has 0 atom stereocenters. The first-order chi connectivity index (χ1) is 12.1. The Kier molecular flexibility index (Phi) is 3.68. The Bertz CT molecular complexity index is 981. The van der Waals surface area contributed by atoms with E-state index in [0.29, 0.717) is 29.2 Å². The Morgan fingerprint density at radius 3 is 2.40 bits per heavy atom. The molecule has 0 amide bonds. The van der Waals surface area contributed by atoms with Gasteiger partial charge in [0.2, 0.25) is 0 Å². The van der Waals surface area contributed by atoms with Gasteiger partial charge in [0.15, 0.2) is 11.5 Å². The van der Waals surface area contributed by atoms with E-state index in [2.05, 4.69) is 46.5 Å². The second-order valence-corrected chi connectivity index (χ2v) is 6.07. The molecule has 3 aromatic heterocycles. The smallest absolute Gasteiger partial charge is 0.283 e. The molecule has 0 saturated carbocycles. The molecule has 0 bridgehead atoms. The molecule has 0 spiro atoms. The van der Waals surface area contributed by atoms with Crippen molar-refractivity contribution in [2.45, 2.75) is 26.7 Å². The largest absolute Gasteiger partial charge is 0.459 e. The van der Waals surface area contributed by atoms with Gasteiger partial charge in [-0.25, -0.2) is 4.68 Å². The number of nitrogens with zero attached hydrogens (tertiary/aromatic N) is 5. The fourth-order valence-electron chi connectivity index (χ4n) is 2.59. The summed E-state index contributed by atoms with van der Waals surface area (Å²) in [6, 6.07) is 11.8. The normalized spacial score (nSPS) is 11.4. The van der Waals surface area contributed by atoms with E-state index in [4.69, 9.17) is 8.83 Å². The standard InChI is InChI=1S/C18H17N5O2/c1-11(2)13-6-8-14(9-7-13)23-12(3)16(19-22-23)18-21-20-17(25-18)15-5-4-10-24-15/h4-11H,1-3H3. The highest BCUT2D eigenvalue weighted by atomic mass is 16.4. The van der Waals surface area contributed by atoms with E-state index in [0.717, 1.165) is 11.4 Å². The Morgan fingerprint density at radius 1 is 0.960 bits per heavy atom. The third-order valence-corrected chi connectivity index (χ3v) is 4.06. The molecule has 4 aromatic rings. The lowest BCUT2D eigenvalue weighted by atomic mass is 10.0. The average Bonchev–Trinajstić information content (AvgIpc) is 3.35. The van der Waals surface area contributed by atoms with Gasteiger partial charge < -0.3 is 8.83 Å². The SMILES string of the molecule is Cc1c(-c2nnc(-c3ccco3)o2)nnn1-c1ccc(C(C)C)cc1. The van der Waals surface area contributed by atoms with Crippen LogP contribution in [0.4, 0.5) is 0 Å². The molecular weight excluding hydrogens is 318 g/mol. The molecule has 3 heterocycles. The minimum Gasteiger partial charge on any atom is -0.459 e. The van der Waals surface area contributed by atoms with E-state index < -0.39 is 0 Å². The quantitative estimate of drug-likeness (QED) is 0.560. The minimum absolute atomic E-state index is 0.314. The second-order valence-electron chi connectivity index (χ2n) is 6.07. The molecule has 1 aromatic carbocycles. The van der Waals surface area contributed by atoms with Crippen molar-refractivity contribution in [1.82, 2.24) is 25.2 Å². The molecule has 7 heteroatoms. The molecule has 0 radical (unpaired) electrons. The fourth-order valence-corrected chi connectivity index (χ4v) is 2.59. The van der Waals surface area contributed by atoms with Crippen LogP contribution in [-0.4, -0.2) is 25.2 Å². The van der Waals surface area contributed by atoms with E-state index in [9.17, 15) is 0 Å². The van der Waals surface area contributed by atoms with Crippen LogP contribution in [0.15, 0.2) is 51.5 Å². The van der Waals surface area contributed by atoms with Gasteiger partial charge in [-0.15, -0.1) is 15.3 Å². The monoisotopic (exact) mass is 335 g/mol. The highest BCUT2D eigenvalue weighted by Gasteiger charge is 2.19. The topological polar surface area (TPSA) is 82.8 Å². The number of rotatable bonds is 4. The summed E-state index contributed by atoms with van der Waals surface area (Å²) in [6.45, 7) is 6.25. The van der Waals surface area contributed by atoms with Gasteiger partial charge in [0.25, 0.3) is 11.8 Å². The van der Waals surface area contributed by atoms with Gasteiger partial charge in [-0.1, -0.05) is 31.2 Å². The van der Waals surface area contributed by atoms with Crippen molar-refractivity contribution in [1.29, 1.82) is 0 Å². The van der Waals surface area contributed by atoms with E-state index in [1.807, 2.05) is 19.1 Å². The molecule has 0 N–H and O–H groups in total. The van der Waals surface area contributed by atoms with Gasteiger partial charge in [0.05, 0.1) is 17.6 Å². The summed E-state index contributed by atoms with van der Waals surface area (Å²) >= 11 is 0. The lowest BCUT2D eigenvalue weighted by Crippen LogP contribution is -1.99. The first-order valence-corrected chi connectivity index (χ1v) is 8.04. The van der Waals surface area contributed by atoms with Crippen LogP contribution in [0.1, 0.15) is 31.0 Å². The van der Waals surface area contributed by atoms with Gasteiger partial charge in [-0.2, -0.15) is 0 Å². The molecule has 126 valence electrons. The van der Waals surface area contributed by atoms with Crippen LogP contribution in [0.3, 0.4) is 0 Å². The van der Waals surface area contributed by atoms with Crippen LogP contribution in [0.25, 0.3) is 28.9 Å². The molecule has 7 nitrogen and oxygen atoms in total. The summed E-state index contributed by atoms with van der Waals surface area (Å²) in [4.78, 5) is 0. The Morgan fingerprint density at radius 2 is 1.72 bits per heavy atom. The number of hydrogen-bond donors (Lipinski definition) is 0. The van der Waals surface area contributed by atoms with Crippen LogP contribution >= 0.6 is 0 Å². The van der Waals surface area contributed by atoms with Gasteiger partial charge in [-0.3, -0.25) is 0 Å². The van der Waals surface area contributed by atoms with Crippen LogP contribution in [0.2, 0.25) is 0 Å². The second kappa shape index (κ2) is 6.01. The Labute approximate surface area is 144 Å². The lowest BCUT2D eigenvalue weighted by molar-refractivity contribution is 0.522. The predicted octanol–water partition coefficient (Wildman–Crippen LogP) is 4.01. The summed E-state index contributed by atoms with van der Waals surface area (Å²) < 4.78 is 12.7. The Hall–Kier alpha value is -3.22. The van der Waals surface area contributed by atoms with Crippen LogP contribution in [0.5, 0.6) is 0 Å². The zero-order valence-electron chi connectivity index (χ0n) is 14.2. The summed E-state index contributed by atoms with van der Waals surface area (Å²) in [5, 5.41) is 16.5. The summed E-state index contributed by atoms with van der Waals surface area (Å²) in [5.74, 6) is 1.64. The maximum atomic E-state index is 5.66. The molecule has 0 aliphatic rings. The number of hydrogen-bond acceptors (Lipinski definition) is 6. The highest BCUT2D eigenvalue weighted by molar-refractivity contribution is 5.54.